The molecular formula is C24H29N3OS. The molecule has 2 fully saturated rings. The number of anilines is 2. The number of likely N-dealkylation sites (tertiary alicyclic amines) is 2. The molecule has 3 heterocycles. The van der Waals surface area contributed by atoms with Gasteiger partial charge in [0.2, 0.25) is 5.91 Å². The molecule has 0 radical (unpaired) electrons. The molecule has 0 aromatic heterocycles. The molecule has 0 atom stereocenters. The first-order chi connectivity index (χ1) is 14.3. The number of carbonyl (C=O) groups is 1. The highest BCUT2D eigenvalue weighted by atomic mass is 32.2. The number of fused-ring (bicyclic) bond motifs is 2. The minimum Gasteiger partial charge on any atom is -0.343 e. The van der Waals surface area contributed by atoms with E-state index in [9.17, 15) is 4.79 Å². The van der Waals surface area contributed by atoms with Gasteiger partial charge in [-0.1, -0.05) is 36.0 Å². The molecule has 2 aromatic carbocycles. The normalized spacial score (nSPS) is 19.9. The molecule has 5 rings (SSSR count). The Kier molecular flexibility index (Phi) is 5.51. The molecule has 152 valence electrons. The van der Waals surface area contributed by atoms with E-state index in [4.69, 9.17) is 0 Å². The third-order valence-electron chi connectivity index (χ3n) is 6.56. The average molecular weight is 408 g/mol. The van der Waals surface area contributed by atoms with Crippen molar-refractivity contribution in [2.45, 2.75) is 47.9 Å². The van der Waals surface area contributed by atoms with Crippen LogP contribution in [0.5, 0.6) is 0 Å². The average Bonchev–Trinajstić information content (AvgIpc) is 3.31. The van der Waals surface area contributed by atoms with Gasteiger partial charge in [-0.3, -0.25) is 4.79 Å². The Hall–Kier alpha value is -1.98. The Morgan fingerprint density at radius 2 is 1.45 bits per heavy atom. The fourth-order valence-electron chi connectivity index (χ4n) is 4.97. The van der Waals surface area contributed by atoms with E-state index in [1.165, 1.54) is 47.1 Å². The number of carbonyl (C=O) groups excluding carboxylic acids is 1. The molecule has 0 saturated carbocycles. The number of piperidine rings is 1. The lowest BCUT2D eigenvalue weighted by atomic mass is 10.0. The van der Waals surface area contributed by atoms with Crippen LogP contribution in [0, 0.1) is 0 Å². The van der Waals surface area contributed by atoms with Crippen molar-refractivity contribution in [3.05, 3.63) is 48.5 Å². The van der Waals surface area contributed by atoms with Gasteiger partial charge in [0.15, 0.2) is 0 Å². The van der Waals surface area contributed by atoms with Gasteiger partial charge in [-0.15, -0.1) is 0 Å². The Morgan fingerprint density at radius 1 is 0.862 bits per heavy atom. The van der Waals surface area contributed by atoms with Crippen LogP contribution in [0.25, 0.3) is 0 Å². The molecule has 1 amide bonds. The molecule has 0 N–H and O–H groups in total. The van der Waals surface area contributed by atoms with Crippen LogP contribution in [0.3, 0.4) is 0 Å². The Morgan fingerprint density at radius 3 is 2.07 bits per heavy atom. The van der Waals surface area contributed by atoms with Crippen molar-refractivity contribution in [3.63, 3.8) is 0 Å². The van der Waals surface area contributed by atoms with Crippen molar-refractivity contribution in [1.29, 1.82) is 0 Å². The molecule has 5 heteroatoms. The Bertz CT molecular complexity index is 826. The van der Waals surface area contributed by atoms with Crippen molar-refractivity contribution in [1.82, 2.24) is 9.80 Å². The summed E-state index contributed by atoms with van der Waals surface area (Å²) in [6, 6.07) is 17.7. The maximum atomic E-state index is 13.0. The van der Waals surface area contributed by atoms with E-state index in [-0.39, 0.29) is 0 Å². The van der Waals surface area contributed by atoms with Crippen LogP contribution in [0.2, 0.25) is 0 Å². The van der Waals surface area contributed by atoms with E-state index >= 15 is 0 Å². The van der Waals surface area contributed by atoms with Gasteiger partial charge in [0.05, 0.1) is 11.4 Å². The van der Waals surface area contributed by atoms with Gasteiger partial charge < -0.3 is 14.7 Å². The Balaban J connectivity index is 1.23. The summed E-state index contributed by atoms with van der Waals surface area (Å²) in [5.41, 5.74) is 2.44. The van der Waals surface area contributed by atoms with Gasteiger partial charge in [-0.25, -0.2) is 0 Å². The molecule has 0 aliphatic carbocycles. The number of para-hydroxylation sites is 2. The zero-order chi connectivity index (χ0) is 19.6. The quantitative estimate of drug-likeness (QED) is 0.730. The zero-order valence-electron chi connectivity index (χ0n) is 16.9. The van der Waals surface area contributed by atoms with Crippen molar-refractivity contribution in [3.8, 4) is 0 Å². The second-order valence-electron chi connectivity index (χ2n) is 8.29. The summed E-state index contributed by atoms with van der Waals surface area (Å²) in [4.78, 5) is 22.6. The van der Waals surface area contributed by atoms with Crippen LogP contribution in [0.1, 0.15) is 32.1 Å². The van der Waals surface area contributed by atoms with Crippen molar-refractivity contribution >= 4 is 29.0 Å². The highest BCUT2D eigenvalue weighted by molar-refractivity contribution is 7.99. The molecule has 2 saturated heterocycles. The van der Waals surface area contributed by atoms with Crippen molar-refractivity contribution in [2.24, 2.45) is 0 Å². The summed E-state index contributed by atoms with van der Waals surface area (Å²) in [5.74, 6) is 0.304. The number of amides is 1. The van der Waals surface area contributed by atoms with Gasteiger partial charge in [-0.05, 0) is 63.0 Å². The van der Waals surface area contributed by atoms with Crippen LogP contribution in [0.4, 0.5) is 11.4 Å². The van der Waals surface area contributed by atoms with Gasteiger partial charge in [-0.2, -0.15) is 0 Å². The SMILES string of the molecule is O=C(CCN1c2ccccc2Sc2ccccc21)N1CCC(N2CCCC2)CC1. The lowest BCUT2D eigenvalue weighted by Gasteiger charge is -2.37. The largest absolute Gasteiger partial charge is 0.343 e. The summed E-state index contributed by atoms with van der Waals surface area (Å²) in [7, 11) is 0. The van der Waals surface area contributed by atoms with E-state index < -0.39 is 0 Å². The molecule has 3 aliphatic heterocycles. The molecule has 29 heavy (non-hydrogen) atoms. The lowest BCUT2D eigenvalue weighted by Crippen LogP contribution is -2.46. The molecule has 0 unspecified atom stereocenters. The highest BCUT2D eigenvalue weighted by Crippen LogP contribution is 2.47. The summed E-state index contributed by atoms with van der Waals surface area (Å²) in [6.45, 7) is 5.08. The van der Waals surface area contributed by atoms with Crippen LogP contribution in [-0.4, -0.2) is 54.5 Å². The summed E-state index contributed by atoms with van der Waals surface area (Å²) in [6.07, 6.45) is 5.53. The first kappa shape index (κ1) is 19.0. The predicted octanol–water partition coefficient (Wildman–Crippen LogP) is 4.77. The van der Waals surface area contributed by atoms with E-state index in [1.807, 2.05) is 11.8 Å². The van der Waals surface area contributed by atoms with Gasteiger partial charge >= 0.3 is 0 Å². The first-order valence-corrected chi connectivity index (χ1v) is 11.8. The van der Waals surface area contributed by atoms with Crippen LogP contribution in [0.15, 0.2) is 58.3 Å². The molecule has 2 aromatic rings. The van der Waals surface area contributed by atoms with Crippen molar-refractivity contribution in [2.75, 3.05) is 37.6 Å². The lowest BCUT2D eigenvalue weighted by molar-refractivity contribution is -0.132. The summed E-state index contributed by atoms with van der Waals surface area (Å²) in [5, 5.41) is 0. The second kappa shape index (κ2) is 8.41. The zero-order valence-corrected chi connectivity index (χ0v) is 17.7. The monoisotopic (exact) mass is 407 g/mol. The molecule has 0 bridgehead atoms. The molecule has 3 aliphatic rings. The second-order valence-corrected chi connectivity index (χ2v) is 9.38. The number of hydrogen-bond acceptors (Lipinski definition) is 4. The van der Waals surface area contributed by atoms with Crippen molar-refractivity contribution < 1.29 is 4.79 Å². The summed E-state index contributed by atoms with van der Waals surface area (Å²) >= 11 is 1.82. The predicted molar refractivity (Wildman–Crippen MR) is 119 cm³/mol. The van der Waals surface area contributed by atoms with Gasteiger partial charge in [0.25, 0.3) is 0 Å². The fourth-order valence-corrected chi connectivity index (χ4v) is 6.07. The van der Waals surface area contributed by atoms with E-state index in [1.54, 1.807) is 0 Å². The molecule has 4 nitrogen and oxygen atoms in total. The maximum absolute atomic E-state index is 13.0. The smallest absolute Gasteiger partial charge is 0.224 e. The standard InChI is InChI=1S/C24H29N3OS/c28-24(26-16-11-19(12-17-26)25-14-5-6-15-25)13-18-27-20-7-1-3-9-22(20)29-23-10-4-2-8-21(23)27/h1-4,7-10,19H,5-6,11-18H2. The third-order valence-corrected chi connectivity index (χ3v) is 7.69. The number of rotatable bonds is 4. The fraction of sp³-hybridized carbons (Fsp3) is 0.458. The highest BCUT2D eigenvalue weighted by Gasteiger charge is 2.29. The number of nitrogens with zero attached hydrogens (tertiary/aromatic N) is 3. The Labute approximate surface area is 177 Å². The van der Waals surface area contributed by atoms with E-state index in [0.717, 1.165) is 32.5 Å². The number of hydrogen-bond donors (Lipinski definition) is 0. The minimum atomic E-state index is 0.304. The van der Waals surface area contributed by atoms with Crippen LogP contribution in [-0.2, 0) is 4.79 Å². The maximum Gasteiger partial charge on any atom is 0.224 e. The first-order valence-electron chi connectivity index (χ1n) is 10.9. The van der Waals surface area contributed by atoms with E-state index in [0.29, 0.717) is 18.4 Å². The van der Waals surface area contributed by atoms with Gasteiger partial charge in [0, 0.05) is 41.9 Å². The molecule has 0 spiro atoms. The topological polar surface area (TPSA) is 26.8 Å². The third kappa shape index (κ3) is 3.90. The minimum absolute atomic E-state index is 0.304. The molecular weight excluding hydrogens is 378 g/mol. The van der Waals surface area contributed by atoms with Gasteiger partial charge in [0.1, 0.15) is 0 Å². The van der Waals surface area contributed by atoms with Crippen LogP contribution >= 0.6 is 11.8 Å². The summed E-state index contributed by atoms with van der Waals surface area (Å²) < 4.78 is 0. The van der Waals surface area contributed by atoms with Crippen LogP contribution < -0.4 is 4.90 Å². The van der Waals surface area contributed by atoms with E-state index in [2.05, 4.69) is 63.2 Å². The number of benzene rings is 2.